The summed E-state index contributed by atoms with van der Waals surface area (Å²) in [5.74, 6) is -0.856. The van der Waals surface area contributed by atoms with Crippen molar-refractivity contribution in [1.82, 2.24) is 0 Å². The number of nitrogens with two attached hydrogens (primary N) is 1. The lowest BCUT2D eigenvalue weighted by atomic mass is 10.2. The van der Waals surface area contributed by atoms with E-state index >= 15 is 0 Å². The SMILES string of the molecule is NC(=O)Nc1cccc(NC(=O)/C=C/c2cc(Br)ccc2F)c1. The van der Waals surface area contributed by atoms with Gasteiger partial charge >= 0.3 is 6.03 Å². The number of primary amides is 1. The van der Waals surface area contributed by atoms with Crippen LogP contribution in [0.4, 0.5) is 20.6 Å². The van der Waals surface area contributed by atoms with Crippen molar-refractivity contribution in [2.75, 3.05) is 10.6 Å². The van der Waals surface area contributed by atoms with Crippen LogP contribution in [0.5, 0.6) is 0 Å². The molecule has 0 heterocycles. The van der Waals surface area contributed by atoms with Crippen LogP contribution in [0.3, 0.4) is 0 Å². The average Bonchev–Trinajstić information content (AvgIpc) is 2.48. The van der Waals surface area contributed by atoms with Gasteiger partial charge in [0.1, 0.15) is 5.82 Å². The fraction of sp³-hybridized carbons (Fsp3) is 0. The summed E-state index contributed by atoms with van der Waals surface area (Å²) in [5.41, 5.74) is 6.25. The molecule has 2 rings (SSSR count). The monoisotopic (exact) mass is 377 g/mol. The zero-order chi connectivity index (χ0) is 16.8. The van der Waals surface area contributed by atoms with Crippen molar-refractivity contribution < 1.29 is 14.0 Å². The summed E-state index contributed by atoms with van der Waals surface area (Å²) in [6.07, 6.45) is 2.60. The van der Waals surface area contributed by atoms with Gasteiger partial charge < -0.3 is 16.4 Å². The normalized spacial score (nSPS) is 10.5. The van der Waals surface area contributed by atoms with Gasteiger partial charge in [0.15, 0.2) is 0 Å². The van der Waals surface area contributed by atoms with Crippen LogP contribution >= 0.6 is 15.9 Å². The highest BCUT2D eigenvalue weighted by Crippen LogP contribution is 2.17. The van der Waals surface area contributed by atoms with Gasteiger partial charge in [0.25, 0.3) is 0 Å². The summed E-state index contributed by atoms with van der Waals surface area (Å²) in [7, 11) is 0. The Morgan fingerprint density at radius 3 is 2.48 bits per heavy atom. The highest BCUT2D eigenvalue weighted by atomic mass is 79.9. The molecule has 0 radical (unpaired) electrons. The lowest BCUT2D eigenvalue weighted by Crippen LogP contribution is -2.19. The van der Waals surface area contributed by atoms with E-state index in [0.717, 1.165) is 0 Å². The van der Waals surface area contributed by atoms with Crippen LogP contribution in [-0.2, 0) is 4.79 Å². The smallest absolute Gasteiger partial charge is 0.316 e. The number of benzene rings is 2. The van der Waals surface area contributed by atoms with Gasteiger partial charge in [0.2, 0.25) is 5.91 Å². The molecule has 2 aromatic carbocycles. The summed E-state index contributed by atoms with van der Waals surface area (Å²) >= 11 is 3.24. The third-order valence-electron chi connectivity index (χ3n) is 2.77. The number of halogens is 2. The number of amides is 3. The summed E-state index contributed by atoms with van der Waals surface area (Å²) in [6, 6.07) is 10.2. The Kier molecular flexibility index (Phi) is 5.48. The molecule has 0 saturated carbocycles. The van der Waals surface area contributed by atoms with Crippen LogP contribution in [0.25, 0.3) is 6.08 Å². The molecular weight excluding hydrogens is 365 g/mol. The number of carbonyl (C=O) groups is 2. The molecule has 5 nitrogen and oxygen atoms in total. The van der Waals surface area contributed by atoms with Crippen molar-refractivity contribution in [3.05, 3.63) is 64.4 Å². The standard InChI is InChI=1S/C16H13BrFN3O2/c17-11-5-6-14(18)10(8-11)4-7-15(22)20-12-2-1-3-13(9-12)21-16(19)23/h1-9H,(H,20,22)(H3,19,21,23)/b7-4+. The van der Waals surface area contributed by atoms with Crippen LogP contribution in [0.15, 0.2) is 53.0 Å². The molecule has 0 bridgehead atoms. The summed E-state index contributed by atoms with van der Waals surface area (Å²) in [6.45, 7) is 0. The van der Waals surface area contributed by atoms with Gasteiger partial charge in [-0.25, -0.2) is 9.18 Å². The quantitative estimate of drug-likeness (QED) is 0.709. The van der Waals surface area contributed by atoms with Gasteiger partial charge in [-0.2, -0.15) is 0 Å². The molecule has 0 saturated heterocycles. The van der Waals surface area contributed by atoms with E-state index in [1.807, 2.05) is 0 Å². The Balaban J connectivity index is 2.06. The highest BCUT2D eigenvalue weighted by Gasteiger charge is 2.03. The molecule has 23 heavy (non-hydrogen) atoms. The second-order valence-electron chi connectivity index (χ2n) is 4.56. The Bertz CT molecular complexity index is 778. The van der Waals surface area contributed by atoms with Crippen LogP contribution in [0.1, 0.15) is 5.56 Å². The van der Waals surface area contributed by atoms with Crippen molar-refractivity contribution in [3.8, 4) is 0 Å². The Morgan fingerprint density at radius 2 is 1.78 bits per heavy atom. The molecule has 2 aromatic rings. The van der Waals surface area contributed by atoms with Crippen LogP contribution in [-0.4, -0.2) is 11.9 Å². The molecular formula is C16H13BrFN3O2. The molecule has 0 aromatic heterocycles. The van der Waals surface area contributed by atoms with Gasteiger partial charge in [-0.05, 0) is 42.5 Å². The van der Waals surface area contributed by atoms with E-state index in [2.05, 4.69) is 26.6 Å². The molecule has 4 N–H and O–H groups in total. The number of hydrogen-bond acceptors (Lipinski definition) is 2. The van der Waals surface area contributed by atoms with Gasteiger partial charge in [-0.1, -0.05) is 22.0 Å². The third-order valence-corrected chi connectivity index (χ3v) is 3.26. The van der Waals surface area contributed by atoms with Crippen LogP contribution in [0.2, 0.25) is 0 Å². The molecule has 0 aliphatic heterocycles. The summed E-state index contributed by atoms with van der Waals surface area (Å²) in [4.78, 5) is 22.7. The number of anilines is 2. The number of rotatable bonds is 4. The summed E-state index contributed by atoms with van der Waals surface area (Å²) < 4.78 is 14.3. The van der Waals surface area contributed by atoms with Crippen LogP contribution in [0, 0.1) is 5.82 Å². The Labute approximate surface area is 140 Å². The largest absolute Gasteiger partial charge is 0.351 e. The molecule has 3 amide bonds. The molecule has 0 spiro atoms. The highest BCUT2D eigenvalue weighted by molar-refractivity contribution is 9.10. The van der Waals surface area contributed by atoms with Gasteiger partial charge in [0, 0.05) is 27.5 Å². The fourth-order valence-corrected chi connectivity index (χ4v) is 2.19. The van der Waals surface area contributed by atoms with Crippen LogP contribution < -0.4 is 16.4 Å². The third kappa shape index (κ3) is 5.23. The first-order valence-electron chi connectivity index (χ1n) is 6.54. The van der Waals surface area contributed by atoms with E-state index in [-0.39, 0.29) is 0 Å². The minimum absolute atomic E-state index is 0.290. The van der Waals surface area contributed by atoms with E-state index < -0.39 is 17.8 Å². The number of hydrogen-bond donors (Lipinski definition) is 3. The number of urea groups is 1. The lowest BCUT2D eigenvalue weighted by molar-refractivity contribution is -0.111. The predicted molar refractivity (Wildman–Crippen MR) is 91.4 cm³/mol. The maximum atomic E-state index is 13.6. The first-order chi connectivity index (χ1) is 10.9. The molecule has 0 atom stereocenters. The molecule has 7 heteroatoms. The van der Waals surface area contributed by atoms with Crippen molar-refractivity contribution in [2.24, 2.45) is 5.73 Å². The van der Waals surface area contributed by atoms with Crippen molar-refractivity contribution in [3.63, 3.8) is 0 Å². The minimum Gasteiger partial charge on any atom is -0.351 e. The second-order valence-corrected chi connectivity index (χ2v) is 5.47. The minimum atomic E-state index is -0.696. The second kappa shape index (κ2) is 7.55. The summed E-state index contributed by atoms with van der Waals surface area (Å²) in [5, 5.41) is 5.01. The first-order valence-corrected chi connectivity index (χ1v) is 7.34. The average molecular weight is 378 g/mol. The Morgan fingerprint density at radius 1 is 1.09 bits per heavy atom. The van der Waals surface area contributed by atoms with E-state index in [0.29, 0.717) is 21.4 Å². The zero-order valence-electron chi connectivity index (χ0n) is 11.8. The van der Waals surface area contributed by atoms with Gasteiger partial charge in [-0.3, -0.25) is 4.79 Å². The predicted octanol–water partition coefficient (Wildman–Crippen LogP) is 3.73. The number of nitrogens with one attached hydrogen (secondary N) is 2. The Hall–Kier alpha value is -2.67. The fourth-order valence-electron chi connectivity index (χ4n) is 1.81. The number of carbonyl (C=O) groups excluding carboxylic acids is 2. The topological polar surface area (TPSA) is 84.2 Å². The molecule has 0 aliphatic rings. The van der Waals surface area contributed by atoms with Crippen molar-refractivity contribution >= 4 is 45.3 Å². The van der Waals surface area contributed by atoms with Crippen molar-refractivity contribution in [1.29, 1.82) is 0 Å². The van der Waals surface area contributed by atoms with Gasteiger partial charge in [-0.15, -0.1) is 0 Å². The zero-order valence-corrected chi connectivity index (χ0v) is 13.4. The van der Waals surface area contributed by atoms with Crippen molar-refractivity contribution in [2.45, 2.75) is 0 Å². The maximum Gasteiger partial charge on any atom is 0.316 e. The van der Waals surface area contributed by atoms with E-state index in [4.69, 9.17) is 5.73 Å². The van der Waals surface area contributed by atoms with E-state index in [1.165, 1.54) is 18.2 Å². The van der Waals surface area contributed by atoms with E-state index in [9.17, 15) is 14.0 Å². The molecule has 0 unspecified atom stereocenters. The first kappa shape index (κ1) is 16.7. The van der Waals surface area contributed by atoms with Gasteiger partial charge in [0.05, 0.1) is 0 Å². The van der Waals surface area contributed by atoms with E-state index in [1.54, 1.807) is 36.4 Å². The molecule has 0 fully saturated rings. The molecule has 0 aliphatic carbocycles. The maximum absolute atomic E-state index is 13.6. The lowest BCUT2D eigenvalue weighted by Gasteiger charge is -2.06. The molecule has 118 valence electrons.